The Kier molecular flexibility index (Phi) is 3.17. The molecule has 0 aliphatic carbocycles. The van der Waals surface area contributed by atoms with Gasteiger partial charge in [-0.2, -0.15) is 0 Å². The summed E-state index contributed by atoms with van der Waals surface area (Å²) in [4.78, 5) is 2.61. The lowest BCUT2D eigenvalue weighted by atomic mass is 9.80. The van der Waals surface area contributed by atoms with Crippen molar-refractivity contribution in [2.24, 2.45) is 0 Å². The summed E-state index contributed by atoms with van der Waals surface area (Å²) >= 11 is 0. The number of benzene rings is 1. The fourth-order valence-corrected chi connectivity index (χ4v) is 3.74. The van der Waals surface area contributed by atoms with Crippen LogP contribution in [-0.2, 0) is 6.54 Å². The number of hydrogen-bond acceptors (Lipinski definition) is 2. The zero-order valence-electron chi connectivity index (χ0n) is 13.1. The lowest BCUT2D eigenvalue weighted by Gasteiger charge is -2.52. The predicted molar refractivity (Wildman–Crippen MR) is 83.8 cm³/mol. The highest BCUT2D eigenvalue weighted by atomic mass is 16.3. The second kappa shape index (κ2) is 4.63. The van der Waals surface area contributed by atoms with E-state index in [4.69, 9.17) is 4.42 Å². The Bertz CT molecular complexity index is 560. The van der Waals surface area contributed by atoms with Gasteiger partial charge in [0.2, 0.25) is 0 Å². The van der Waals surface area contributed by atoms with E-state index in [0.717, 1.165) is 17.9 Å². The van der Waals surface area contributed by atoms with E-state index >= 15 is 0 Å². The van der Waals surface area contributed by atoms with Crippen LogP contribution >= 0.6 is 0 Å². The second-order valence-corrected chi connectivity index (χ2v) is 7.32. The lowest BCUT2D eigenvalue weighted by Crippen LogP contribution is -2.57. The second-order valence-electron chi connectivity index (χ2n) is 7.32. The van der Waals surface area contributed by atoms with Crippen molar-refractivity contribution >= 4 is 11.0 Å². The number of furan rings is 1. The quantitative estimate of drug-likeness (QED) is 0.766. The van der Waals surface area contributed by atoms with Gasteiger partial charge in [0.1, 0.15) is 11.3 Å². The summed E-state index contributed by atoms with van der Waals surface area (Å²) in [5.41, 5.74) is 1.47. The first-order valence-corrected chi connectivity index (χ1v) is 7.64. The van der Waals surface area contributed by atoms with E-state index in [-0.39, 0.29) is 11.1 Å². The highest BCUT2D eigenvalue weighted by Gasteiger charge is 2.41. The normalized spacial score (nSPS) is 22.2. The number of hydrogen-bond donors (Lipinski definition) is 0. The Morgan fingerprint density at radius 2 is 1.70 bits per heavy atom. The van der Waals surface area contributed by atoms with Crippen LogP contribution in [0.1, 0.15) is 52.7 Å². The molecule has 1 aliphatic rings. The van der Waals surface area contributed by atoms with Gasteiger partial charge < -0.3 is 4.42 Å². The number of likely N-dealkylation sites (tertiary alicyclic amines) is 1. The van der Waals surface area contributed by atoms with Crippen LogP contribution in [0.5, 0.6) is 0 Å². The summed E-state index contributed by atoms with van der Waals surface area (Å²) in [6.07, 6.45) is 3.84. The molecule has 108 valence electrons. The van der Waals surface area contributed by atoms with Crippen molar-refractivity contribution in [2.75, 3.05) is 0 Å². The summed E-state index contributed by atoms with van der Waals surface area (Å²) in [5, 5.41) is 1.20. The summed E-state index contributed by atoms with van der Waals surface area (Å²) < 4.78 is 6.02. The van der Waals surface area contributed by atoms with Crippen molar-refractivity contribution in [2.45, 2.75) is 64.6 Å². The molecule has 1 aromatic heterocycles. The zero-order valence-corrected chi connectivity index (χ0v) is 13.1. The molecule has 0 spiro atoms. The molecule has 20 heavy (non-hydrogen) atoms. The van der Waals surface area contributed by atoms with E-state index in [9.17, 15) is 0 Å². The van der Waals surface area contributed by atoms with Crippen LogP contribution in [-0.4, -0.2) is 16.0 Å². The average molecular weight is 271 g/mol. The third kappa shape index (κ3) is 2.37. The standard InChI is InChI=1S/C18H25NO/c1-17(2)10-7-11-18(3,4)19(17)13-15-12-14-8-5-6-9-16(14)20-15/h5-6,8-9,12H,7,10-11,13H2,1-4H3. The molecule has 2 aromatic rings. The molecule has 2 nitrogen and oxygen atoms in total. The number of rotatable bonds is 2. The molecular weight excluding hydrogens is 246 g/mol. The Balaban J connectivity index is 1.91. The maximum absolute atomic E-state index is 6.02. The van der Waals surface area contributed by atoms with Crippen LogP contribution in [0.4, 0.5) is 0 Å². The van der Waals surface area contributed by atoms with Gasteiger partial charge in [0.05, 0.1) is 6.54 Å². The van der Waals surface area contributed by atoms with Gasteiger partial charge in [-0.05, 0) is 59.1 Å². The molecule has 3 rings (SSSR count). The molecule has 1 fully saturated rings. The van der Waals surface area contributed by atoms with Crippen LogP contribution in [0.3, 0.4) is 0 Å². The molecule has 2 heterocycles. The van der Waals surface area contributed by atoms with E-state index in [1.165, 1.54) is 24.6 Å². The third-order valence-corrected chi connectivity index (χ3v) is 4.83. The van der Waals surface area contributed by atoms with Gasteiger partial charge in [-0.25, -0.2) is 0 Å². The molecule has 0 saturated carbocycles. The van der Waals surface area contributed by atoms with Crippen LogP contribution in [0, 0.1) is 0 Å². The molecule has 0 bridgehead atoms. The van der Waals surface area contributed by atoms with Gasteiger partial charge >= 0.3 is 0 Å². The maximum Gasteiger partial charge on any atom is 0.134 e. The fourth-order valence-electron chi connectivity index (χ4n) is 3.74. The number of fused-ring (bicyclic) bond motifs is 1. The summed E-state index contributed by atoms with van der Waals surface area (Å²) in [7, 11) is 0. The molecular formula is C18H25NO. The van der Waals surface area contributed by atoms with Gasteiger partial charge in [-0.1, -0.05) is 18.2 Å². The Hall–Kier alpha value is -1.28. The van der Waals surface area contributed by atoms with Crippen molar-refractivity contribution in [3.8, 4) is 0 Å². The Morgan fingerprint density at radius 3 is 2.35 bits per heavy atom. The molecule has 1 aromatic carbocycles. The molecule has 0 N–H and O–H groups in total. The molecule has 0 amide bonds. The highest BCUT2D eigenvalue weighted by Crippen LogP contribution is 2.39. The van der Waals surface area contributed by atoms with Gasteiger partial charge in [0, 0.05) is 16.5 Å². The van der Waals surface area contributed by atoms with Crippen LogP contribution in [0.25, 0.3) is 11.0 Å². The van der Waals surface area contributed by atoms with Crippen molar-refractivity contribution in [1.82, 2.24) is 4.90 Å². The molecule has 1 saturated heterocycles. The van der Waals surface area contributed by atoms with Gasteiger partial charge in [-0.3, -0.25) is 4.90 Å². The van der Waals surface area contributed by atoms with Gasteiger partial charge in [0.15, 0.2) is 0 Å². The van der Waals surface area contributed by atoms with Crippen LogP contribution in [0.15, 0.2) is 34.7 Å². The zero-order chi connectivity index (χ0) is 14.4. The Labute approximate surface area is 121 Å². The smallest absolute Gasteiger partial charge is 0.134 e. The highest BCUT2D eigenvalue weighted by molar-refractivity contribution is 5.77. The van der Waals surface area contributed by atoms with Crippen LogP contribution in [0.2, 0.25) is 0 Å². The number of piperidine rings is 1. The SMILES string of the molecule is CC1(C)CCCC(C)(C)N1Cc1cc2ccccc2o1. The first-order chi connectivity index (χ1) is 9.38. The minimum Gasteiger partial charge on any atom is -0.460 e. The topological polar surface area (TPSA) is 16.4 Å². The van der Waals surface area contributed by atoms with Crippen LogP contribution < -0.4 is 0 Å². The van der Waals surface area contributed by atoms with E-state index in [1.807, 2.05) is 12.1 Å². The first-order valence-electron chi connectivity index (χ1n) is 7.64. The van der Waals surface area contributed by atoms with E-state index in [2.05, 4.69) is 50.8 Å². The van der Waals surface area contributed by atoms with Crippen molar-refractivity contribution in [3.05, 3.63) is 36.1 Å². The largest absolute Gasteiger partial charge is 0.460 e. The Morgan fingerprint density at radius 1 is 1.05 bits per heavy atom. The minimum atomic E-state index is 0.237. The van der Waals surface area contributed by atoms with Crippen molar-refractivity contribution in [3.63, 3.8) is 0 Å². The van der Waals surface area contributed by atoms with Crippen molar-refractivity contribution in [1.29, 1.82) is 0 Å². The predicted octanol–water partition coefficient (Wildman–Crippen LogP) is 4.98. The number of para-hydroxylation sites is 1. The average Bonchev–Trinajstić information content (AvgIpc) is 2.76. The minimum absolute atomic E-state index is 0.237. The molecule has 2 heteroatoms. The molecule has 0 atom stereocenters. The van der Waals surface area contributed by atoms with E-state index in [0.29, 0.717) is 0 Å². The molecule has 0 unspecified atom stereocenters. The summed E-state index contributed by atoms with van der Waals surface area (Å²) in [5.74, 6) is 1.08. The fraction of sp³-hybridized carbons (Fsp3) is 0.556. The van der Waals surface area contributed by atoms with E-state index < -0.39 is 0 Å². The van der Waals surface area contributed by atoms with E-state index in [1.54, 1.807) is 0 Å². The monoisotopic (exact) mass is 271 g/mol. The summed E-state index contributed by atoms with van der Waals surface area (Å²) in [6, 6.07) is 10.5. The molecule has 0 radical (unpaired) electrons. The summed E-state index contributed by atoms with van der Waals surface area (Å²) in [6.45, 7) is 10.3. The maximum atomic E-state index is 6.02. The number of nitrogens with zero attached hydrogens (tertiary/aromatic N) is 1. The van der Waals surface area contributed by atoms with Crippen molar-refractivity contribution < 1.29 is 4.42 Å². The first kappa shape index (κ1) is 13.7. The van der Waals surface area contributed by atoms with Gasteiger partial charge in [-0.15, -0.1) is 0 Å². The molecule has 1 aliphatic heterocycles. The third-order valence-electron chi connectivity index (χ3n) is 4.83. The lowest BCUT2D eigenvalue weighted by molar-refractivity contribution is -0.0381. The van der Waals surface area contributed by atoms with Gasteiger partial charge in [0.25, 0.3) is 0 Å².